The van der Waals surface area contributed by atoms with Crippen molar-refractivity contribution in [2.24, 2.45) is 0 Å². The van der Waals surface area contributed by atoms with E-state index in [4.69, 9.17) is 0 Å². The number of benzene rings is 2. The molecule has 0 bridgehead atoms. The third kappa shape index (κ3) is 4.19. The number of carbonyl (C=O) groups is 2. The van der Waals surface area contributed by atoms with Gasteiger partial charge in [-0.2, -0.15) is 0 Å². The molecule has 4 nitrogen and oxygen atoms in total. The number of amides is 2. The topological polar surface area (TPSA) is 58.2 Å². The number of carbonyl (C=O) groups excluding carboxylic acids is 2. The second-order valence-electron chi connectivity index (χ2n) is 5.16. The van der Waals surface area contributed by atoms with Crippen molar-refractivity contribution in [3.63, 3.8) is 0 Å². The molecule has 22 heavy (non-hydrogen) atoms. The summed E-state index contributed by atoms with van der Waals surface area (Å²) in [4.78, 5) is 24.1. The van der Waals surface area contributed by atoms with Gasteiger partial charge in [-0.05, 0) is 43.7 Å². The van der Waals surface area contributed by atoms with E-state index in [2.05, 4.69) is 10.6 Å². The third-order valence-corrected chi connectivity index (χ3v) is 3.23. The van der Waals surface area contributed by atoms with E-state index in [-0.39, 0.29) is 11.8 Å². The Hall–Kier alpha value is -2.62. The third-order valence-electron chi connectivity index (χ3n) is 3.23. The second-order valence-corrected chi connectivity index (χ2v) is 5.16. The van der Waals surface area contributed by atoms with E-state index < -0.39 is 0 Å². The maximum Gasteiger partial charge on any atom is 0.255 e. The number of nitrogens with one attached hydrogen (secondary N) is 2. The van der Waals surface area contributed by atoms with Crippen molar-refractivity contribution in [3.05, 3.63) is 65.2 Å². The Bertz CT molecular complexity index is 663. The van der Waals surface area contributed by atoms with Crippen LogP contribution in [0.5, 0.6) is 0 Å². The first-order chi connectivity index (χ1) is 10.6. The highest BCUT2D eigenvalue weighted by molar-refractivity contribution is 6.05. The Balaban J connectivity index is 2.08. The van der Waals surface area contributed by atoms with Gasteiger partial charge in [0.1, 0.15) is 0 Å². The predicted molar refractivity (Wildman–Crippen MR) is 88.2 cm³/mol. The van der Waals surface area contributed by atoms with Gasteiger partial charge in [-0.1, -0.05) is 30.7 Å². The molecular weight excluding hydrogens is 276 g/mol. The summed E-state index contributed by atoms with van der Waals surface area (Å²) < 4.78 is 0. The van der Waals surface area contributed by atoms with Crippen LogP contribution in [0.3, 0.4) is 0 Å². The van der Waals surface area contributed by atoms with Gasteiger partial charge in [-0.3, -0.25) is 9.59 Å². The summed E-state index contributed by atoms with van der Waals surface area (Å²) in [5.41, 5.74) is 2.84. The standard InChI is InChI=1S/C18H20N2O2/c1-3-11-19-17(21)15-5-4-6-16(12-15)20-18(22)14-9-7-13(2)8-10-14/h4-10,12H,3,11H2,1-2H3,(H,19,21)(H,20,22). The number of hydrogen-bond acceptors (Lipinski definition) is 2. The maximum absolute atomic E-state index is 12.2. The van der Waals surface area contributed by atoms with Crippen molar-refractivity contribution in [3.8, 4) is 0 Å². The molecule has 2 N–H and O–H groups in total. The van der Waals surface area contributed by atoms with E-state index in [0.29, 0.717) is 23.4 Å². The van der Waals surface area contributed by atoms with Gasteiger partial charge in [0, 0.05) is 23.4 Å². The highest BCUT2D eigenvalue weighted by Gasteiger charge is 2.08. The molecule has 0 radical (unpaired) electrons. The zero-order chi connectivity index (χ0) is 15.9. The minimum atomic E-state index is -0.189. The molecule has 114 valence electrons. The van der Waals surface area contributed by atoms with E-state index in [1.807, 2.05) is 26.0 Å². The fourth-order valence-corrected chi connectivity index (χ4v) is 1.99. The Kier molecular flexibility index (Phi) is 5.31. The van der Waals surface area contributed by atoms with Crippen LogP contribution in [0.4, 0.5) is 5.69 Å². The lowest BCUT2D eigenvalue weighted by Crippen LogP contribution is -2.24. The number of rotatable bonds is 5. The molecule has 2 amide bonds. The van der Waals surface area contributed by atoms with Gasteiger partial charge in [-0.25, -0.2) is 0 Å². The Morgan fingerprint density at radius 1 is 0.955 bits per heavy atom. The van der Waals surface area contributed by atoms with E-state index in [0.717, 1.165) is 12.0 Å². The van der Waals surface area contributed by atoms with Gasteiger partial charge < -0.3 is 10.6 Å². The van der Waals surface area contributed by atoms with Gasteiger partial charge in [0.25, 0.3) is 11.8 Å². The average molecular weight is 296 g/mol. The molecule has 0 saturated heterocycles. The Morgan fingerprint density at radius 2 is 1.68 bits per heavy atom. The average Bonchev–Trinajstić information content (AvgIpc) is 2.53. The molecule has 0 aliphatic rings. The lowest BCUT2D eigenvalue weighted by molar-refractivity contribution is 0.0952. The number of hydrogen-bond donors (Lipinski definition) is 2. The van der Waals surface area contributed by atoms with Crippen molar-refractivity contribution in [1.82, 2.24) is 5.32 Å². The Morgan fingerprint density at radius 3 is 2.36 bits per heavy atom. The highest BCUT2D eigenvalue weighted by Crippen LogP contribution is 2.13. The monoisotopic (exact) mass is 296 g/mol. The van der Waals surface area contributed by atoms with Crippen LogP contribution in [-0.4, -0.2) is 18.4 Å². The summed E-state index contributed by atoms with van der Waals surface area (Å²) in [6, 6.07) is 14.3. The van der Waals surface area contributed by atoms with Crippen LogP contribution in [-0.2, 0) is 0 Å². The molecule has 0 heterocycles. The van der Waals surface area contributed by atoms with Crippen LogP contribution in [0.2, 0.25) is 0 Å². The largest absolute Gasteiger partial charge is 0.352 e. The quantitative estimate of drug-likeness (QED) is 0.888. The minimum absolute atomic E-state index is 0.131. The van der Waals surface area contributed by atoms with E-state index in [1.165, 1.54) is 0 Å². The molecular formula is C18H20N2O2. The summed E-state index contributed by atoms with van der Waals surface area (Å²) in [5, 5.41) is 5.63. The summed E-state index contributed by atoms with van der Waals surface area (Å²) in [6.45, 7) is 4.61. The molecule has 0 fully saturated rings. The van der Waals surface area contributed by atoms with Crippen molar-refractivity contribution in [1.29, 1.82) is 0 Å². The molecule has 0 unspecified atom stereocenters. The molecule has 2 aromatic carbocycles. The van der Waals surface area contributed by atoms with Crippen LogP contribution in [0.25, 0.3) is 0 Å². The summed E-state index contributed by atoms with van der Waals surface area (Å²) in [7, 11) is 0. The molecule has 0 saturated carbocycles. The SMILES string of the molecule is CCCNC(=O)c1cccc(NC(=O)c2ccc(C)cc2)c1. The van der Waals surface area contributed by atoms with Crippen LogP contribution < -0.4 is 10.6 Å². The van der Waals surface area contributed by atoms with Gasteiger partial charge >= 0.3 is 0 Å². The first kappa shape index (κ1) is 15.8. The molecule has 0 aliphatic carbocycles. The minimum Gasteiger partial charge on any atom is -0.352 e. The van der Waals surface area contributed by atoms with Crippen molar-refractivity contribution in [2.75, 3.05) is 11.9 Å². The highest BCUT2D eigenvalue weighted by atomic mass is 16.2. The van der Waals surface area contributed by atoms with Crippen molar-refractivity contribution < 1.29 is 9.59 Å². The van der Waals surface area contributed by atoms with Gasteiger partial charge in [-0.15, -0.1) is 0 Å². The maximum atomic E-state index is 12.2. The predicted octanol–water partition coefficient (Wildman–Crippen LogP) is 3.39. The van der Waals surface area contributed by atoms with Gasteiger partial charge in [0.05, 0.1) is 0 Å². The summed E-state index contributed by atoms with van der Waals surface area (Å²) in [5.74, 6) is -0.320. The van der Waals surface area contributed by atoms with Crippen molar-refractivity contribution in [2.45, 2.75) is 20.3 Å². The van der Waals surface area contributed by atoms with Gasteiger partial charge in [0.15, 0.2) is 0 Å². The smallest absolute Gasteiger partial charge is 0.255 e. The van der Waals surface area contributed by atoms with E-state index >= 15 is 0 Å². The van der Waals surface area contributed by atoms with Crippen LogP contribution in [0.1, 0.15) is 39.6 Å². The van der Waals surface area contributed by atoms with E-state index in [1.54, 1.807) is 36.4 Å². The first-order valence-electron chi connectivity index (χ1n) is 7.36. The number of anilines is 1. The molecule has 4 heteroatoms. The van der Waals surface area contributed by atoms with Crippen LogP contribution in [0, 0.1) is 6.92 Å². The zero-order valence-corrected chi connectivity index (χ0v) is 12.8. The summed E-state index contributed by atoms with van der Waals surface area (Å²) >= 11 is 0. The first-order valence-corrected chi connectivity index (χ1v) is 7.36. The molecule has 2 aromatic rings. The molecule has 0 atom stereocenters. The lowest BCUT2D eigenvalue weighted by atomic mass is 10.1. The zero-order valence-electron chi connectivity index (χ0n) is 12.8. The van der Waals surface area contributed by atoms with E-state index in [9.17, 15) is 9.59 Å². The lowest BCUT2D eigenvalue weighted by Gasteiger charge is -2.08. The second kappa shape index (κ2) is 7.41. The molecule has 0 aromatic heterocycles. The number of aryl methyl sites for hydroxylation is 1. The fourth-order valence-electron chi connectivity index (χ4n) is 1.99. The van der Waals surface area contributed by atoms with Gasteiger partial charge in [0.2, 0.25) is 0 Å². The summed E-state index contributed by atoms with van der Waals surface area (Å²) in [6.07, 6.45) is 0.885. The van der Waals surface area contributed by atoms with Crippen molar-refractivity contribution >= 4 is 17.5 Å². The molecule has 2 rings (SSSR count). The molecule has 0 aliphatic heterocycles. The normalized spacial score (nSPS) is 10.1. The van der Waals surface area contributed by atoms with Crippen LogP contribution >= 0.6 is 0 Å². The Labute approximate surface area is 130 Å². The fraction of sp³-hybridized carbons (Fsp3) is 0.222. The molecule has 0 spiro atoms. The van der Waals surface area contributed by atoms with Crippen LogP contribution in [0.15, 0.2) is 48.5 Å².